The standard InChI is InChI=1S/C16H19ClN2OS/c1-16(2)6-3-7-19(9-16)15(20)14-13(18)11-8-10(17)4-5-12(11)21-14/h4-5,8H,3,6-7,9,18H2,1-2H3. The van der Waals surface area contributed by atoms with Gasteiger partial charge in [0.1, 0.15) is 4.88 Å². The van der Waals surface area contributed by atoms with Crippen molar-refractivity contribution in [1.82, 2.24) is 4.90 Å². The Morgan fingerprint density at radius 3 is 2.90 bits per heavy atom. The fourth-order valence-corrected chi connectivity index (χ4v) is 4.23. The molecule has 21 heavy (non-hydrogen) atoms. The molecular formula is C16H19ClN2OS. The lowest BCUT2D eigenvalue weighted by Crippen LogP contribution is -2.43. The van der Waals surface area contributed by atoms with E-state index in [0.717, 1.165) is 36.0 Å². The Labute approximate surface area is 133 Å². The van der Waals surface area contributed by atoms with E-state index in [1.165, 1.54) is 11.3 Å². The molecule has 2 aromatic rings. The molecule has 5 heteroatoms. The molecule has 0 spiro atoms. The van der Waals surface area contributed by atoms with Crippen molar-refractivity contribution in [1.29, 1.82) is 0 Å². The summed E-state index contributed by atoms with van der Waals surface area (Å²) in [5.41, 5.74) is 6.93. The molecule has 1 fully saturated rings. The topological polar surface area (TPSA) is 46.3 Å². The normalized spacial score (nSPS) is 18.1. The van der Waals surface area contributed by atoms with Crippen LogP contribution in [-0.2, 0) is 0 Å². The Kier molecular flexibility index (Phi) is 3.62. The van der Waals surface area contributed by atoms with Gasteiger partial charge in [-0.1, -0.05) is 25.4 Å². The largest absolute Gasteiger partial charge is 0.397 e. The van der Waals surface area contributed by atoms with Gasteiger partial charge in [0.25, 0.3) is 5.91 Å². The van der Waals surface area contributed by atoms with E-state index in [-0.39, 0.29) is 11.3 Å². The summed E-state index contributed by atoms with van der Waals surface area (Å²) in [4.78, 5) is 15.4. The molecular weight excluding hydrogens is 304 g/mol. The van der Waals surface area contributed by atoms with Crippen molar-refractivity contribution < 1.29 is 4.79 Å². The average Bonchev–Trinajstić information content (AvgIpc) is 2.74. The quantitative estimate of drug-likeness (QED) is 0.845. The minimum absolute atomic E-state index is 0.0533. The van der Waals surface area contributed by atoms with Gasteiger partial charge in [0.2, 0.25) is 0 Å². The number of thiophene rings is 1. The highest BCUT2D eigenvalue weighted by Gasteiger charge is 2.31. The molecule has 1 aromatic heterocycles. The van der Waals surface area contributed by atoms with Crippen LogP contribution in [0.1, 0.15) is 36.4 Å². The van der Waals surface area contributed by atoms with Gasteiger partial charge in [-0.05, 0) is 36.5 Å². The van der Waals surface area contributed by atoms with Crippen LogP contribution in [0, 0.1) is 5.41 Å². The van der Waals surface area contributed by atoms with Crippen LogP contribution < -0.4 is 5.73 Å². The second-order valence-corrected chi connectivity index (χ2v) is 7.97. The fourth-order valence-electron chi connectivity index (χ4n) is 2.99. The van der Waals surface area contributed by atoms with Crippen molar-refractivity contribution in [3.8, 4) is 0 Å². The number of carbonyl (C=O) groups excluding carboxylic acids is 1. The molecule has 0 atom stereocenters. The van der Waals surface area contributed by atoms with Crippen LogP contribution in [0.5, 0.6) is 0 Å². The number of nitrogens with zero attached hydrogens (tertiary/aromatic N) is 1. The molecule has 3 nitrogen and oxygen atoms in total. The monoisotopic (exact) mass is 322 g/mol. The summed E-state index contributed by atoms with van der Waals surface area (Å²) in [6, 6.07) is 5.59. The molecule has 1 aliphatic rings. The van der Waals surface area contributed by atoms with Crippen molar-refractivity contribution >= 4 is 44.6 Å². The van der Waals surface area contributed by atoms with E-state index in [1.807, 2.05) is 23.1 Å². The molecule has 1 saturated heterocycles. The predicted octanol–water partition coefficient (Wildman–Crippen LogP) is 4.40. The van der Waals surface area contributed by atoms with E-state index in [4.69, 9.17) is 17.3 Å². The molecule has 2 heterocycles. The number of rotatable bonds is 1. The summed E-state index contributed by atoms with van der Waals surface area (Å²) in [7, 11) is 0. The first-order chi connectivity index (χ1) is 9.87. The second kappa shape index (κ2) is 5.18. The zero-order valence-corrected chi connectivity index (χ0v) is 13.9. The molecule has 2 N–H and O–H groups in total. The van der Waals surface area contributed by atoms with E-state index in [0.29, 0.717) is 15.6 Å². The number of carbonyl (C=O) groups is 1. The maximum absolute atomic E-state index is 12.8. The summed E-state index contributed by atoms with van der Waals surface area (Å²) < 4.78 is 1.01. The maximum Gasteiger partial charge on any atom is 0.266 e. The number of anilines is 1. The number of piperidine rings is 1. The molecule has 0 bridgehead atoms. The zero-order valence-electron chi connectivity index (χ0n) is 12.3. The highest BCUT2D eigenvalue weighted by atomic mass is 35.5. The summed E-state index contributed by atoms with van der Waals surface area (Å²) >= 11 is 7.48. The Bertz CT molecular complexity index is 708. The summed E-state index contributed by atoms with van der Waals surface area (Å²) in [5, 5.41) is 1.53. The van der Waals surface area contributed by atoms with E-state index in [2.05, 4.69) is 13.8 Å². The lowest BCUT2D eigenvalue weighted by molar-refractivity contribution is 0.0589. The molecule has 1 aromatic carbocycles. The smallest absolute Gasteiger partial charge is 0.266 e. The van der Waals surface area contributed by atoms with Crippen molar-refractivity contribution in [2.75, 3.05) is 18.8 Å². The van der Waals surface area contributed by atoms with E-state index < -0.39 is 0 Å². The van der Waals surface area contributed by atoms with E-state index in [1.54, 1.807) is 0 Å². The van der Waals surface area contributed by atoms with Gasteiger partial charge in [0.05, 0.1) is 5.69 Å². The highest BCUT2D eigenvalue weighted by Crippen LogP contribution is 2.37. The molecule has 1 amide bonds. The van der Waals surface area contributed by atoms with Gasteiger partial charge < -0.3 is 10.6 Å². The number of hydrogen-bond acceptors (Lipinski definition) is 3. The number of halogens is 1. The lowest BCUT2D eigenvalue weighted by Gasteiger charge is -2.37. The average molecular weight is 323 g/mol. The van der Waals surface area contributed by atoms with Crippen LogP contribution in [0.3, 0.4) is 0 Å². The number of hydrogen-bond donors (Lipinski definition) is 1. The van der Waals surface area contributed by atoms with Crippen molar-refractivity contribution in [3.63, 3.8) is 0 Å². The van der Waals surface area contributed by atoms with Gasteiger partial charge in [-0.25, -0.2) is 0 Å². The summed E-state index contributed by atoms with van der Waals surface area (Å²) in [6.45, 7) is 6.03. The molecule has 0 radical (unpaired) electrons. The third-order valence-electron chi connectivity index (χ3n) is 4.07. The minimum Gasteiger partial charge on any atom is -0.397 e. The highest BCUT2D eigenvalue weighted by molar-refractivity contribution is 7.21. The predicted molar refractivity (Wildman–Crippen MR) is 90.2 cm³/mol. The number of amides is 1. The van der Waals surface area contributed by atoms with Gasteiger partial charge >= 0.3 is 0 Å². The van der Waals surface area contributed by atoms with Gasteiger partial charge in [0, 0.05) is 28.2 Å². The number of nitrogen functional groups attached to an aromatic ring is 1. The van der Waals surface area contributed by atoms with Crippen LogP contribution in [0.2, 0.25) is 5.02 Å². The molecule has 112 valence electrons. The minimum atomic E-state index is 0.0533. The summed E-state index contributed by atoms with van der Waals surface area (Å²) in [5.74, 6) is 0.0533. The van der Waals surface area contributed by atoms with Gasteiger partial charge in [-0.3, -0.25) is 4.79 Å². The first-order valence-corrected chi connectivity index (χ1v) is 8.34. The molecule has 0 unspecified atom stereocenters. The molecule has 1 aliphatic heterocycles. The van der Waals surface area contributed by atoms with E-state index in [9.17, 15) is 4.79 Å². The first kappa shape index (κ1) is 14.7. The molecule has 0 aliphatic carbocycles. The van der Waals surface area contributed by atoms with E-state index >= 15 is 0 Å². The maximum atomic E-state index is 12.8. The summed E-state index contributed by atoms with van der Waals surface area (Å²) in [6.07, 6.45) is 2.21. The van der Waals surface area contributed by atoms with Crippen LogP contribution in [0.25, 0.3) is 10.1 Å². The van der Waals surface area contributed by atoms with Crippen LogP contribution in [0.15, 0.2) is 18.2 Å². The molecule has 3 rings (SSSR count). The number of nitrogens with two attached hydrogens (primary N) is 1. The van der Waals surface area contributed by atoms with Crippen molar-refractivity contribution in [2.24, 2.45) is 5.41 Å². The third kappa shape index (κ3) is 2.74. The van der Waals surface area contributed by atoms with Crippen LogP contribution in [0.4, 0.5) is 5.69 Å². The second-order valence-electron chi connectivity index (χ2n) is 6.48. The van der Waals surface area contributed by atoms with Crippen molar-refractivity contribution in [2.45, 2.75) is 26.7 Å². The number of likely N-dealkylation sites (tertiary alicyclic amines) is 1. The zero-order chi connectivity index (χ0) is 15.2. The fraction of sp³-hybridized carbons (Fsp3) is 0.438. The van der Waals surface area contributed by atoms with Crippen molar-refractivity contribution in [3.05, 3.63) is 28.1 Å². The Morgan fingerprint density at radius 2 is 2.19 bits per heavy atom. The third-order valence-corrected chi connectivity index (χ3v) is 5.48. The van der Waals surface area contributed by atoms with Gasteiger partial charge in [0.15, 0.2) is 0 Å². The molecule has 0 saturated carbocycles. The van der Waals surface area contributed by atoms with Gasteiger partial charge in [-0.2, -0.15) is 0 Å². The number of benzene rings is 1. The Hall–Kier alpha value is -1.26. The lowest BCUT2D eigenvalue weighted by atomic mass is 9.84. The number of fused-ring (bicyclic) bond motifs is 1. The Balaban J connectivity index is 1.96. The van der Waals surface area contributed by atoms with Crippen LogP contribution in [-0.4, -0.2) is 23.9 Å². The SMILES string of the molecule is CC1(C)CCCN(C(=O)c2sc3ccc(Cl)cc3c2N)C1. The first-order valence-electron chi connectivity index (χ1n) is 7.14. The van der Waals surface area contributed by atoms with Crippen LogP contribution >= 0.6 is 22.9 Å². The Morgan fingerprint density at radius 1 is 1.43 bits per heavy atom. The van der Waals surface area contributed by atoms with Gasteiger partial charge in [-0.15, -0.1) is 11.3 Å².